The summed E-state index contributed by atoms with van der Waals surface area (Å²) in [6.07, 6.45) is 3.48. The molecule has 2 N–H and O–H groups in total. The van der Waals surface area contributed by atoms with Crippen LogP contribution >= 0.6 is 12.2 Å². The second-order valence-corrected chi connectivity index (χ2v) is 3.78. The number of likely N-dealkylation sites (N-methyl/N-ethyl adjacent to an activating group) is 1. The molecule has 0 aromatic rings. The van der Waals surface area contributed by atoms with E-state index in [1.54, 1.807) is 0 Å². The Morgan fingerprint density at radius 1 is 1.38 bits per heavy atom. The molecule has 13 heavy (non-hydrogen) atoms. The molecule has 2 nitrogen and oxygen atoms in total. The molecule has 0 aliphatic rings. The highest BCUT2D eigenvalue weighted by molar-refractivity contribution is 7.80. The first-order valence-corrected chi connectivity index (χ1v) is 5.61. The lowest BCUT2D eigenvalue weighted by atomic mass is 10.1. The van der Waals surface area contributed by atoms with Crippen molar-refractivity contribution in [2.24, 2.45) is 5.73 Å². The minimum absolute atomic E-state index is 0.298. The first kappa shape index (κ1) is 12.8. The quantitative estimate of drug-likeness (QED) is 0.642. The van der Waals surface area contributed by atoms with E-state index in [0.29, 0.717) is 11.0 Å². The molecule has 0 saturated carbocycles. The van der Waals surface area contributed by atoms with Crippen LogP contribution in [-0.4, -0.2) is 29.0 Å². The van der Waals surface area contributed by atoms with Gasteiger partial charge in [0.2, 0.25) is 0 Å². The van der Waals surface area contributed by atoms with Crippen molar-refractivity contribution in [2.45, 2.75) is 46.1 Å². The Hall–Kier alpha value is -0.150. The number of nitrogens with two attached hydrogens (primary N) is 1. The highest BCUT2D eigenvalue weighted by Gasteiger charge is 2.16. The van der Waals surface area contributed by atoms with Gasteiger partial charge in [-0.15, -0.1) is 0 Å². The molecule has 0 bridgehead atoms. The van der Waals surface area contributed by atoms with Crippen molar-refractivity contribution < 1.29 is 0 Å². The van der Waals surface area contributed by atoms with Crippen LogP contribution in [0, 0.1) is 0 Å². The zero-order chi connectivity index (χ0) is 10.3. The number of nitrogens with zero attached hydrogens (tertiary/aromatic N) is 1. The Balaban J connectivity index is 4.08. The minimum Gasteiger partial charge on any atom is -0.392 e. The molecule has 0 fully saturated rings. The van der Waals surface area contributed by atoms with Gasteiger partial charge in [0.25, 0.3) is 0 Å². The van der Waals surface area contributed by atoms with E-state index in [-0.39, 0.29) is 0 Å². The summed E-state index contributed by atoms with van der Waals surface area (Å²) in [6, 6.07) is 0.298. The van der Waals surface area contributed by atoms with E-state index >= 15 is 0 Å². The Labute approximate surface area is 87.5 Å². The number of unbranched alkanes of at least 4 members (excludes halogenated alkanes) is 1. The molecule has 0 aromatic carbocycles. The average molecular weight is 202 g/mol. The Morgan fingerprint density at radius 3 is 2.31 bits per heavy atom. The van der Waals surface area contributed by atoms with E-state index in [4.69, 9.17) is 18.0 Å². The molecule has 0 aliphatic carbocycles. The second kappa shape index (κ2) is 7.27. The standard InChI is InChI=1S/C10H22N2S/c1-4-7-8-12(6-3)9(5-2)10(11)13/h9H,4-8H2,1-3H3,(H2,11,13). The van der Waals surface area contributed by atoms with Crippen LogP contribution in [0.25, 0.3) is 0 Å². The number of rotatable bonds is 7. The van der Waals surface area contributed by atoms with E-state index in [0.717, 1.165) is 19.5 Å². The molecule has 1 unspecified atom stereocenters. The first-order valence-electron chi connectivity index (χ1n) is 5.20. The van der Waals surface area contributed by atoms with Crippen LogP contribution in [0.3, 0.4) is 0 Å². The normalized spacial score (nSPS) is 13.2. The molecule has 1 atom stereocenters. The zero-order valence-electron chi connectivity index (χ0n) is 9.05. The van der Waals surface area contributed by atoms with Crippen molar-refractivity contribution in [1.82, 2.24) is 4.90 Å². The Bertz CT molecular complexity index is 148. The molecule has 0 radical (unpaired) electrons. The molecular weight excluding hydrogens is 180 g/mol. The van der Waals surface area contributed by atoms with E-state index < -0.39 is 0 Å². The van der Waals surface area contributed by atoms with Crippen LogP contribution in [0.1, 0.15) is 40.0 Å². The van der Waals surface area contributed by atoms with Gasteiger partial charge in [0.05, 0.1) is 11.0 Å². The molecule has 0 heterocycles. The minimum atomic E-state index is 0.298. The summed E-state index contributed by atoms with van der Waals surface area (Å²) in [4.78, 5) is 3.01. The smallest absolute Gasteiger partial charge is 0.0901 e. The van der Waals surface area contributed by atoms with Gasteiger partial charge in [0.1, 0.15) is 0 Å². The maximum atomic E-state index is 5.69. The van der Waals surface area contributed by atoms with Gasteiger partial charge in [-0.25, -0.2) is 0 Å². The van der Waals surface area contributed by atoms with Crippen molar-refractivity contribution in [2.75, 3.05) is 13.1 Å². The molecular formula is C10H22N2S. The van der Waals surface area contributed by atoms with Crippen LogP contribution in [0.4, 0.5) is 0 Å². The van der Waals surface area contributed by atoms with Crippen molar-refractivity contribution in [3.63, 3.8) is 0 Å². The third-order valence-corrected chi connectivity index (χ3v) is 2.63. The molecule has 0 aliphatic heterocycles. The van der Waals surface area contributed by atoms with Gasteiger partial charge in [-0.1, -0.05) is 39.4 Å². The lowest BCUT2D eigenvalue weighted by molar-refractivity contribution is 0.246. The number of hydrogen-bond acceptors (Lipinski definition) is 2. The van der Waals surface area contributed by atoms with Gasteiger partial charge in [0.15, 0.2) is 0 Å². The second-order valence-electron chi connectivity index (χ2n) is 3.31. The SMILES string of the molecule is CCCCN(CC)C(CC)C(N)=S. The van der Waals surface area contributed by atoms with Gasteiger partial charge in [-0.2, -0.15) is 0 Å². The van der Waals surface area contributed by atoms with Crippen LogP contribution in [0.5, 0.6) is 0 Å². The van der Waals surface area contributed by atoms with Crippen molar-refractivity contribution in [3.8, 4) is 0 Å². The largest absolute Gasteiger partial charge is 0.392 e. The number of hydrogen-bond donors (Lipinski definition) is 1. The van der Waals surface area contributed by atoms with Crippen LogP contribution in [-0.2, 0) is 0 Å². The van der Waals surface area contributed by atoms with Crippen molar-refractivity contribution in [3.05, 3.63) is 0 Å². The Kier molecular flexibility index (Phi) is 7.19. The summed E-state index contributed by atoms with van der Waals surface area (Å²) in [7, 11) is 0. The van der Waals surface area contributed by atoms with E-state index in [1.165, 1.54) is 12.8 Å². The molecule has 0 rings (SSSR count). The Morgan fingerprint density at radius 2 is 2.00 bits per heavy atom. The summed E-state index contributed by atoms with van der Waals surface area (Å²) in [5.74, 6) is 0. The van der Waals surface area contributed by atoms with Gasteiger partial charge in [0, 0.05) is 0 Å². The summed E-state index contributed by atoms with van der Waals surface area (Å²) in [5.41, 5.74) is 5.69. The molecule has 0 saturated heterocycles. The van der Waals surface area contributed by atoms with Gasteiger partial charge < -0.3 is 5.73 Å². The monoisotopic (exact) mass is 202 g/mol. The van der Waals surface area contributed by atoms with E-state index in [1.807, 2.05) is 0 Å². The summed E-state index contributed by atoms with van der Waals surface area (Å²) in [6.45, 7) is 8.66. The van der Waals surface area contributed by atoms with Crippen LogP contribution in [0.2, 0.25) is 0 Å². The maximum Gasteiger partial charge on any atom is 0.0901 e. The molecule has 0 aromatic heterocycles. The van der Waals surface area contributed by atoms with Crippen molar-refractivity contribution in [1.29, 1.82) is 0 Å². The summed E-state index contributed by atoms with van der Waals surface area (Å²) < 4.78 is 0. The van der Waals surface area contributed by atoms with Crippen LogP contribution in [0.15, 0.2) is 0 Å². The zero-order valence-corrected chi connectivity index (χ0v) is 9.86. The number of thiocarbonyl (C=S) groups is 1. The first-order chi connectivity index (χ1) is 6.17. The highest BCUT2D eigenvalue weighted by atomic mass is 32.1. The van der Waals surface area contributed by atoms with E-state index in [2.05, 4.69) is 25.7 Å². The fourth-order valence-corrected chi connectivity index (χ4v) is 1.85. The predicted molar refractivity (Wildman–Crippen MR) is 63.0 cm³/mol. The molecule has 78 valence electrons. The van der Waals surface area contributed by atoms with Gasteiger partial charge in [-0.05, 0) is 25.9 Å². The average Bonchev–Trinajstić information content (AvgIpc) is 2.11. The van der Waals surface area contributed by atoms with Crippen molar-refractivity contribution >= 4 is 17.2 Å². The van der Waals surface area contributed by atoms with Gasteiger partial charge >= 0.3 is 0 Å². The third-order valence-electron chi connectivity index (χ3n) is 2.36. The third kappa shape index (κ3) is 4.58. The van der Waals surface area contributed by atoms with E-state index in [9.17, 15) is 0 Å². The van der Waals surface area contributed by atoms with Gasteiger partial charge in [-0.3, -0.25) is 4.90 Å². The lowest BCUT2D eigenvalue weighted by Gasteiger charge is -2.28. The van der Waals surface area contributed by atoms with Crippen LogP contribution < -0.4 is 5.73 Å². The topological polar surface area (TPSA) is 29.3 Å². The molecule has 0 spiro atoms. The summed E-state index contributed by atoms with van der Waals surface area (Å²) >= 11 is 5.05. The summed E-state index contributed by atoms with van der Waals surface area (Å²) in [5, 5.41) is 0. The molecule has 3 heteroatoms. The maximum absolute atomic E-state index is 5.69. The fraction of sp³-hybridized carbons (Fsp3) is 0.900. The lowest BCUT2D eigenvalue weighted by Crippen LogP contribution is -2.43. The molecule has 0 amide bonds. The predicted octanol–water partition coefficient (Wildman–Crippen LogP) is 2.17. The fourth-order valence-electron chi connectivity index (χ4n) is 1.53. The highest BCUT2D eigenvalue weighted by Crippen LogP contribution is 2.06.